The third kappa shape index (κ3) is 4.62. The second-order valence-electron chi connectivity index (χ2n) is 6.37. The molecule has 0 aromatic carbocycles. The minimum Gasteiger partial charge on any atom is -0.474 e. The summed E-state index contributed by atoms with van der Waals surface area (Å²) in [4.78, 5) is 34.5. The van der Waals surface area contributed by atoms with Crippen molar-refractivity contribution in [1.82, 2.24) is 15.0 Å². The van der Waals surface area contributed by atoms with Crippen LogP contribution in [0.5, 0.6) is 5.88 Å². The number of methoxy groups -OCH3 is 1. The first kappa shape index (κ1) is 18.0. The quantitative estimate of drug-likeness (QED) is 0.581. The van der Waals surface area contributed by atoms with Gasteiger partial charge in [-0.3, -0.25) is 14.6 Å². The molecular weight excluding hydrogens is 334 g/mol. The fourth-order valence-corrected chi connectivity index (χ4v) is 3.09. The molecule has 1 aliphatic rings. The fraction of sp³-hybridized carbons (Fsp3) is 0.421. The number of aromatic nitrogens is 3. The highest BCUT2D eigenvalue weighted by molar-refractivity contribution is 5.71. The summed E-state index contributed by atoms with van der Waals surface area (Å²) >= 11 is 0. The summed E-state index contributed by atoms with van der Waals surface area (Å²) in [6.07, 6.45) is 9.65. The molecule has 26 heavy (non-hydrogen) atoms. The van der Waals surface area contributed by atoms with E-state index in [1.54, 1.807) is 12.4 Å². The van der Waals surface area contributed by atoms with Crippen LogP contribution in [-0.2, 0) is 9.53 Å². The van der Waals surface area contributed by atoms with Crippen LogP contribution in [0.3, 0.4) is 0 Å². The van der Waals surface area contributed by atoms with Gasteiger partial charge in [-0.2, -0.15) is 0 Å². The van der Waals surface area contributed by atoms with Crippen LogP contribution < -0.4 is 4.74 Å². The number of ether oxygens (including phenoxy) is 2. The molecule has 3 rings (SSSR count). The monoisotopic (exact) mass is 355 g/mol. The van der Waals surface area contributed by atoms with Crippen LogP contribution in [0.4, 0.5) is 0 Å². The molecule has 2 heterocycles. The normalized spacial score (nSPS) is 19.6. The Morgan fingerprint density at radius 3 is 2.50 bits per heavy atom. The van der Waals surface area contributed by atoms with Gasteiger partial charge in [0.25, 0.3) is 0 Å². The zero-order chi connectivity index (χ0) is 18.4. The van der Waals surface area contributed by atoms with E-state index in [0.717, 1.165) is 31.2 Å². The summed E-state index contributed by atoms with van der Waals surface area (Å²) in [5.41, 5.74) is 1.76. The number of nitrogens with zero attached hydrogens (tertiary/aromatic N) is 3. The van der Waals surface area contributed by atoms with Gasteiger partial charge in [0, 0.05) is 24.2 Å². The molecule has 7 nitrogen and oxygen atoms in total. The summed E-state index contributed by atoms with van der Waals surface area (Å²) in [7, 11) is 1.43. The first-order valence-electron chi connectivity index (χ1n) is 8.65. The first-order valence-corrected chi connectivity index (χ1v) is 8.65. The van der Waals surface area contributed by atoms with Crippen molar-refractivity contribution in [2.45, 2.75) is 38.2 Å². The Balaban J connectivity index is 1.53. The van der Waals surface area contributed by atoms with E-state index in [9.17, 15) is 9.59 Å². The Bertz CT molecular complexity index is 738. The molecule has 0 atom stereocenters. The smallest absolute Gasteiger partial charge is 0.305 e. The van der Waals surface area contributed by atoms with E-state index in [-0.39, 0.29) is 12.1 Å². The van der Waals surface area contributed by atoms with Crippen molar-refractivity contribution in [3.63, 3.8) is 0 Å². The highest BCUT2D eigenvalue weighted by Crippen LogP contribution is 2.29. The molecule has 0 aliphatic heterocycles. The molecule has 0 saturated heterocycles. The van der Waals surface area contributed by atoms with Gasteiger partial charge in [0.15, 0.2) is 6.29 Å². The van der Waals surface area contributed by atoms with E-state index in [4.69, 9.17) is 9.47 Å². The molecule has 1 fully saturated rings. The van der Waals surface area contributed by atoms with Gasteiger partial charge in [0.05, 0.1) is 25.2 Å². The number of carbonyl (C=O) groups excluding carboxylic acids is 2. The van der Waals surface area contributed by atoms with E-state index in [1.165, 1.54) is 13.3 Å². The molecular formula is C19H21N3O4. The Morgan fingerprint density at radius 2 is 1.92 bits per heavy atom. The standard InChI is InChI=1S/C19H21N3O4/c1-25-19(24)8-13-2-5-16(6-3-13)26-18-7-4-14(9-22-18)17-11-20-15(12-23)10-21-17/h4,7,9-13,16H,2-3,5-6,8H2,1H3/t13-,16-. The number of hydrogen-bond acceptors (Lipinski definition) is 7. The number of carbonyl (C=O) groups is 2. The molecule has 0 amide bonds. The average Bonchev–Trinajstić information content (AvgIpc) is 2.70. The summed E-state index contributed by atoms with van der Waals surface area (Å²) in [5.74, 6) is 0.809. The molecule has 1 saturated carbocycles. The number of rotatable bonds is 6. The van der Waals surface area contributed by atoms with E-state index >= 15 is 0 Å². The van der Waals surface area contributed by atoms with Crippen molar-refractivity contribution in [2.75, 3.05) is 7.11 Å². The van der Waals surface area contributed by atoms with Gasteiger partial charge in [-0.25, -0.2) is 9.97 Å². The lowest BCUT2D eigenvalue weighted by atomic mass is 9.85. The zero-order valence-electron chi connectivity index (χ0n) is 14.6. The van der Waals surface area contributed by atoms with Crippen LogP contribution in [0.25, 0.3) is 11.3 Å². The molecule has 136 valence electrons. The van der Waals surface area contributed by atoms with Crippen LogP contribution in [-0.4, -0.2) is 40.4 Å². The summed E-state index contributed by atoms with van der Waals surface area (Å²) in [5, 5.41) is 0. The van der Waals surface area contributed by atoms with Gasteiger partial charge in [0.1, 0.15) is 11.8 Å². The number of esters is 1. The highest BCUT2D eigenvalue weighted by atomic mass is 16.5. The van der Waals surface area contributed by atoms with Crippen molar-refractivity contribution in [2.24, 2.45) is 5.92 Å². The SMILES string of the molecule is COC(=O)C[C@H]1CC[C@H](Oc2ccc(-c3cnc(C=O)cn3)cn2)CC1. The van der Waals surface area contributed by atoms with Gasteiger partial charge in [-0.1, -0.05) is 0 Å². The summed E-state index contributed by atoms with van der Waals surface area (Å²) in [6.45, 7) is 0. The van der Waals surface area contributed by atoms with E-state index in [2.05, 4.69) is 15.0 Å². The van der Waals surface area contributed by atoms with Crippen LogP contribution >= 0.6 is 0 Å². The lowest BCUT2D eigenvalue weighted by molar-refractivity contribution is -0.142. The zero-order valence-corrected chi connectivity index (χ0v) is 14.6. The molecule has 0 bridgehead atoms. The molecule has 0 spiro atoms. The summed E-state index contributed by atoms with van der Waals surface area (Å²) < 4.78 is 10.7. The topological polar surface area (TPSA) is 91.3 Å². The van der Waals surface area contributed by atoms with Crippen LogP contribution in [0.2, 0.25) is 0 Å². The summed E-state index contributed by atoms with van der Waals surface area (Å²) in [6, 6.07) is 3.68. The maximum Gasteiger partial charge on any atom is 0.305 e. The second-order valence-corrected chi connectivity index (χ2v) is 6.37. The highest BCUT2D eigenvalue weighted by Gasteiger charge is 2.24. The molecule has 1 aliphatic carbocycles. The lowest BCUT2D eigenvalue weighted by Gasteiger charge is -2.28. The molecule has 0 radical (unpaired) electrons. The van der Waals surface area contributed by atoms with Crippen molar-refractivity contribution in [3.8, 4) is 17.1 Å². The van der Waals surface area contributed by atoms with Crippen molar-refractivity contribution in [1.29, 1.82) is 0 Å². The third-order valence-corrected chi connectivity index (χ3v) is 4.59. The average molecular weight is 355 g/mol. The van der Waals surface area contributed by atoms with Crippen LogP contribution in [0, 0.1) is 5.92 Å². The Labute approximate surface area is 151 Å². The first-order chi connectivity index (χ1) is 12.7. The third-order valence-electron chi connectivity index (χ3n) is 4.59. The Kier molecular flexibility index (Phi) is 5.88. The molecule has 2 aromatic heterocycles. The van der Waals surface area contributed by atoms with E-state index < -0.39 is 0 Å². The van der Waals surface area contributed by atoms with Crippen LogP contribution in [0.15, 0.2) is 30.7 Å². The maximum absolute atomic E-state index is 11.3. The van der Waals surface area contributed by atoms with Gasteiger partial charge in [0.2, 0.25) is 5.88 Å². The Hall–Kier alpha value is -2.83. The molecule has 0 N–H and O–H groups in total. The lowest BCUT2D eigenvalue weighted by Crippen LogP contribution is -2.25. The van der Waals surface area contributed by atoms with Crippen molar-refractivity contribution >= 4 is 12.3 Å². The van der Waals surface area contributed by atoms with Gasteiger partial charge in [-0.15, -0.1) is 0 Å². The van der Waals surface area contributed by atoms with Gasteiger partial charge < -0.3 is 9.47 Å². The maximum atomic E-state index is 11.3. The second kappa shape index (κ2) is 8.51. The number of hydrogen-bond donors (Lipinski definition) is 0. The van der Waals surface area contributed by atoms with Crippen LogP contribution in [0.1, 0.15) is 42.6 Å². The van der Waals surface area contributed by atoms with Crippen molar-refractivity contribution in [3.05, 3.63) is 36.4 Å². The molecule has 0 unspecified atom stereocenters. The van der Waals surface area contributed by atoms with E-state index in [0.29, 0.717) is 35.9 Å². The minimum atomic E-state index is -0.143. The number of pyridine rings is 1. The largest absolute Gasteiger partial charge is 0.474 e. The molecule has 7 heteroatoms. The van der Waals surface area contributed by atoms with Crippen molar-refractivity contribution < 1.29 is 19.1 Å². The predicted molar refractivity (Wildman–Crippen MR) is 93.7 cm³/mol. The minimum absolute atomic E-state index is 0.119. The number of aldehydes is 1. The fourth-order valence-electron chi connectivity index (χ4n) is 3.09. The Morgan fingerprint density at radius 1 is 1.12 bits per heavy atom. The molecule has 2 aromatic rings. The predicted octanol–water partition coefficient (Wildman–Crippen LogP) is 2.85. The van der Waals surface area contributed by atoms with Gasteiger partial charge in [-0.05, 0) is 37.7 Å². The van der Waals surface area contributed by atoms with E-state index in [1.807, 2.05) is 12.1 Å². The van der Waals surface area contributed by atoms with Gasteiger partial charge >= 0.3 is 5.97 Å².